The minimum Gasteiger partial charge on any atom is -0.481 e. The number of carbonyl (C=O) groups excluding carboxylic acids is 1. The maximum atomic E-state index is 11.7. The predicted octanol–water partition coefficient (Wildman–Crippen LogP) is 2.76. The Morgan fingerprint density at radius 2 is 1.85 bits per heavy atom. The first kappa shape index (κ1) is 16.8. The molecule has 1 unspecified atom stereocenters. The second kappa shape index (κ2) is 8.82. The van der Waals surface area contributed by atoms with Crippen molar-refractivity contribution in [1.82, 2.24) is 10.6 Å². The SMILES string of the molecule is CCCC1CCC(NC(=O)NCC(CC)C(=O)O)CC1. The van der Waals surface area contributed by atoms with Crippen LogP contribution in [0.5, 0.6) is 0 Å². The lowest BCUT2D eigenvalue weighted by molar-refractivity contribution is -0.141. The standard InChI is InChI=1S/C15H28N2O3/c1-3-5-11-6-8-13(9-7-11)17-15(20)16-10-12(4-2)14(18)19/h11-13H,3-10H2,1-2H3,(H,18,19)(H2,16,17,20). The summed E-state index contributed by atoms with van der Waals surface area (Å²) >= 11 is 0. The lowest BCUT2D eigenvalue weighted by Gasteiger charge is -2.29. The number of hydrogen-bond acceptors (Lipinski definition) is 2. The van der Waals surface area contributed by atoms with Gasteiger partial charge in [-0.1, -0.05) is 26.7 Å². The molecule has 1 fully saturated rings. The maximum Gasteiger partial charge on any atom is 0.315 e. The van der Waals surface area contributed by atoms with Gasteiger partial charge in [-0.2, -0.15) is 0 Å². The first-order valence-electron chi connectivity index (χ1n) is 7.83. The maximum absolute atomic E-state index is 11.7. The fourth-order valence-corrected chi connectivity index (χ4v) is 2.86. The predicted molar refractivity (Wildman–Crippen MR) is 78.6 cm³/mol. The molecular weight excluding hydrogens is 256 g/mol. The van der Waals surface area contributed by atoms with Crippen LogP contribution in [0.25, 0.3) is 0 Å². The van der Waals surface area contributed by atoms with E-state index in [1.165, 1.54) is 25.7 Å². The van der Waals surface area contributed by atoms with Crippen LogP contribution in [-0.4, -0.2) is 29.7 Å². The third-order valence-electron chi connectivity index (χ3n) is 4.23. The minimum absolute atomic E-state index is 0.197. The summed E-state index contributed by atoms with van der Waals surface area (Å²) in [5, 5.41) is 14.5. The Morgan fingerprint density at radius 3 is 2.35 bits per heavy atom. The van der Waals surface area contributed by atoms with Gasteiger partial charge in [0.05, 0.1) is 5.92 Å². The van der Waals surface area contributed by atoms with Crippen molar-refractivity contribution < 1.29 is 14.7 Å². The molecule has 2 amide bonds. The number of rotatable bonds is 7. The fourth-order valence-electron chi connectivity index (χ4n) is 2.86. The molecule has 20 heavy (non-hydrogen) atoms. The van der Waals surface area contributed by atoms with Crippen molar-refractivity contribution in [3.63, 3.8) is 0 Å². The zero-order chi connectivity index (χ0) is 15.0. The molecule has 1 aliphatic rings. The zero-order valence-electron chi connectivity index (χ0n) is 12.7. The Hall–Kier alpha value is -1.26. The number of carbonyl (C=O) groups is 2. The van der Waals surface area contributed by atoms with Crippen LogP contribution in [0.15, 0.2) is 0 Å². The van der Waals surface area contributed by atoms with Crippen molar-refractivity contribution >= 4 is 12.0 Å². The fraction of sp³-hybridized carbons (Fsp3) is 0.867. The number of aliphatic carboxylic acids is 1. The van der Waals surface area contributed by atoms with E-state index in [1.807, 2.05) is 6.92 Å². The van der Waals surface area contributed by atoms with Crippen molar-refractivity contribution in [2.24, 2.45) is 11.8 Å². The van der Waals surface area contributed by atoms with Crippen molar-refractivity contribution in [3.05, 3.63) is 0 Å². The quantitative estimate of drug-likeness (QED) is 0.672. The molecule has 0 saturated heterocycles. The summed E-state index contributed by atoms with van der Waals surface area (Å²) in [6, 6.07) is 0.0108. The molecule has 5 nitrogen and oxygen atoms in total. The zero-order valence-corrected chi connectivity index (χ0v) is 12.7. The van der Waals surface area contributed by atoms with E-state index in [2.05, 4.69) is 17.6 Å². The van der Waals surface area contributed by atoms with Crippen molar-refractivity contribution in [3.8, 4) is 0 Å². The van der Waals surface area contributed by atoms with Crippen LogP contribution < -0.4 is 10.6 Å². The van der Waals surface area contributed by atoms with Crippen LogP contribution in [0, 0.1) is 11.8 Å². The van der Waals surface area contributed by atoms with Crippen molar-refractivity contribution in [2.45, 2.75) is 64.8 Å². The van der Waals surface area contributed by atoms with Gasteiger partial charge in [0.25, 0.3) is 0 Å². The smallest absolute Gasteiger partial charge is 0.315 e. The molecule has 5 heteroatoms. The Morgan fingerprint density at radius 1 is 1.20 bits per heavy atom. The van der Waals surface area contributed by atoms with E-state index in [9.17, 15) is 9.59 Å². The summed E-state index contributed by atoms with van der Waals surface area (Å²) in [5.41, 5.74) is 0. The largest absolute Gasteiger partial charge is 0.481 e. The van der Waals surface area contributed by atoms with Gasteiger partial charge in [-0.15, -0.1) is 0 Å². The van der Waals surface area contributed by atoms with Crippen LogP contribution in [0.3, 0.4) is 0 Å². The van der Waals surface area contributed by atoms with Crippen LogP contribution in [-0.2, 0) is 4.79 Å². The minimum atomic E-state index is -0.854. The second-order valence-corrected chi connectivity index (χ2v) is 5.80. The number of nitrogens with one attached hydrogen (secondary N) is 2. The van der Waals surface area contributed by atoms with Gasteiger partial charge in [0.1, 0.15) is 0 Å². The van der Waals surface area contributed by atoms with E-state index < -0.39 is 11.9 Å². The van der Waals surface area contributed by atoms with Crippen LogP contribution >= 0.6 is 0 Å². The first-order chi connectivity index (χ1) is 9.56. The molecule has 0 aromatic carbocycles. The molecule has 0 radical (unpaired) electrons. The van der Waals surface area contributed by atoms with E-state index in [0.29, 0.717) is 6.42 Å². The van der Waals surface area contributed by atoms with Gasteiger partial charge >= 0.3 is 12.0 Å². The first-order valence-corrected chi connectivity index (χ1v) is 7.83. The van der Waals surface area contributed by atoms with Gasteiger partial charge in [-0.05, 0) is 38.0 Å². The van der Waals surface area contributed by atoms with E-state index in [4.69, 9.17) is 5.11 Å². The highest BCUT2D eigenvalue weighted by Crippen LogP contribution is 2.27. The van der Waals surface area contributed by atoms with Gasteiger partial charge < -0.3 is 15.7 Å². The van der Waals surface area contributed by atoms with Gasteiger partial charge in [0.2, 0.25) is 0 Å². The molecule has 0 heterocycles. The molecule has 3 N–H and O–H groups in total. The second-order valence-electron chi connectivity index (χ2n) is 5.80. The Balaban J connectivity index is 2.21. The van der Waals surface area contributed by atoms with Gasteiger partial charge in [0.15, 0.2) is 0 Å². The number of urea groups is 1. The highest BCUT2D eigenvalue weighted by atomic mass is 16.4. The molecule has 1 aliphatic carbocycles. The summed E-state index contributed by atoms with van der Waals surface area (Å²) in [4.78, 5) is 22.6. The molecule has 0 aromatic rings. The van der Waals surface area contributed by atoms with E-state index in [0.717, 1.165) is 18.8 Å². The number of hydrogen-bond donors (Lipinski definition) is 3. The van der Waals surface area contributed by atoms with E-state index in [1.54, 1.807) is 0 Å². The van der Waals surface area contributed by atoms with Crippen LogP contribution in [0.1, 0.15) is 58.8 Å². The Bertz CT molecular complexity index is 312. The highest BCUT2D eigenvalue weighted by molar-refractivity contribution is 5.76. The van der Waals surface area contributed by atoms with Crippen LogP contribution in [0.2, 0.25) is 0 Å². The molecule has 1 saturated carbocycles. The number of amides is 2. The summed E-state index contributed by atoms with van der Waals surface area (Å²) in [7, 11) is 0. The molecular formula is C15H28N2O3. The van der Waals surface area contributed by atoms with Crippen LogP contribution in [0.4, 0.5) is 4.79 Å². The summed E-state index contributed by atoms with van der Waals surface area (Å²) in [5.74, 6) is -0.536. The molecule has 0 spiro atoms. The van der Waals surface area contributed by atoms with E-state index >= 15 is 0 Å². The van der Waals surface area contributed by atoms with Crippen molar-refractivity contribution in [2.75, 3.05) is 6.54 Å². The third kappa shape index (κ3) is 5.80. The molecule has 1 rings (SSSR count). The summed E-state index contributed by atoms with van der Waals surface area (Å²) < 4.78 is 0. The van der Waals surface area contributed by atoms with Crippen molar-refractivity contribution in [1.29, 1.82) is 0 Å². The third-order valence-corrected chi connectivity index (χ3v) is 4.23. The molecule has 0 aliphatic heterocycles. The average Bonchev–Trinajstić information content (AvgIpc) is 2.41. The van der Waals surface area contributed by atoms with Gasteiger partial charge in [-0.3, -0.25) is 4.79 Å². The molecule has 1 atom stereocenters. The highest BCUT2D eigenvalue weighted by Gasteiger charge is 2.22. The number of carboxylic acid groups (broad SMARTS) is 1. The van der Waals surface area contributed by atoms with Gasteiger partial charge in [-0.25, -0.2) is 4.79 Å². The van der Waals surface area contributed by atoms with Gasteiger partial charge in [0, 0.05) is 12.6 Å². The summed E-state index contributed by atoms with van der Waals surface area (Å²) in [6.45, 7) is 4.22. The topological polar surface area (TPSA) is 78.4 Å². The molecule has 116 valence electrons. The molecule has 0 bridgehead atoms. The monoisotopic (exact) mass is 284 g/mol. The lowest BCUT2D eigenvalue weighted by atomic mass is 9.83. The lowest BCUT2D eigenvalue weighted by Crippen LogP contribution is -2.45. The normalized spacial score (nSPS) is 23.9. The van der Waals surface area contributed by atoms with E-state index in [-0.39, 0.29) is 18.6 Å². The summed E-state index contributed by atoms with van der Waals surface area (Å²) in [6.07, 6.45) is 7.49. The Labute approximate surface area is 121 Å². The molecule has 0 aromatic heterocycles. The average molecular weight is 284 g/mol. The Kier molecular flexibility index (Phi) is 7.41. The number of carboxylic acids is 1.